The van der Waals surface area contributed by atoms with Crippen molar-refractivity contribution in [3.63, 3.8) is 0 Å². The molecule has 1 aliphatic heterocycles. The van der Waals surface area contributed by atoms with Crippen LogP contribution in [0.1, 0.15) is 16.1 Å². The highest BCUT2D eigenvalue weighted by Gasteiger charge is 2.24. The number of hydrogen-bond acceptors (Lipinski definition) is 7. The smallest absolute Gasteiger partial charge is 0.341 e. The molecule has 0 spiro atoms. The maximum absolute atomic E-state index is 12.2. The summed E-state index contributed by atoms with van der Waals surface area (Å²) in [7, 11) is -2.54. The Morgan fingerprint density at radius 2 is 2.00 bits per heavy atom. The number of ether oxygens (including phenoxy) is 1. The molecule has 8 nitrogen and oxygen atoms in total. The van der Waals surface area contributed by atoms with Crippen LogP contribution in [0.2, 0.25) is 0 Å². The molecule has 140 valence electrons. The Morgan fingerprint density at radius 3 is 2.58 bits per heavy atom. The molecule has 0 unspecified atom stereocenters. The molecule has 2 N–H and O–H groups in total. The Kier molecular flexibility index (Phi) is 9.86. The first-order valence-electron chi connectivity index (χ1n) is 7.05. The maximum Gasteiger partial charge on any atom is 0.341 e. The van der Waals surface area contributed by atoms with Crippen LogP contribution in [0.3, 0.4) is 0 Å². The molecule has 1 aromatic heterocycles. The number of carbonyl (C=O) groups is 1. The summed E-state index contributed by atoms with van der Waals surface area (Å²) in [5.74, 6) is -0.405. The topological polar surface area (TPSA) is 101 Å². The number of carbonyl (C=O) groups excluding carboxylic acids is 1. The molecule has 24 heavy (non-hydrogen) atoms. The number of piperazine rings is 1. The van der Waals surface area contributed by atoms with Crippen LogP contribution in [0.15, 0.2) is 15.6 Å². The van der Waals surface area contributed by atoms with Crippen molar-refractivity contribution in [1.82, 2.24) is 14.9 Å². The summed E-state index contributed by atoms with van der Waals surface area (Å²) in [5.41, 5.74) is 0.116. The zero-order valence-electron chi connectivity index (χ0n) is 13.5. The Morgan fingerprint density at radius 1 is 1.38 bits per heavy atom. The fraction of sp³-hybridized carbons (Fsp3) is 0.615. The fourth-order valence-corrected chi connectivity index (χ4v) is 3.25. The van der Waals surface area contributed by atoms with Gasteiger partial charge in [0.2, 0.25) is 5.09 Å². The third-order valence-electron chi connectivity index (χ3n) is 3.50. The zero-order valence-corrected chi connectivity index (χ0v) is 16.0. The summed E-state index contributed by atoms with van der Waals surface area (Å²) in [6, 6.07) is 1.19. The van der Waals surface area contributed by atoms with Gasteiger partial charge in [-0.1, -0.05) is 0 Å². The lowest BCUT2D eigenvalue weighted by Crippen LogP contribution is -2.46. The summed E-state index contributed by atoms with van der Waals surface area (Å²) in [6.07, 6.45) is 0. The van der Waals surface area contributed by atoms with Gasteiger partial charge in [-0.2, -0.15) is 0 Å². The average molecular weight is 404 g/mol. The largest absolute Gasteiger partial charge is 0.465 e. The minimum Gasteiger partial charge on any atom is -0.465 e. The number of halogens is 2. The number of esters is 1. The number of furan rings is 1. The monoisotopic (exact) mass is 403 g/mol. The molecule has 0 radical (unpaired) electrons. The molecule has 0 amide bonds. The second-order valence-corrected chi connectivity index (χ2v) is 6.71. The van der Waals surface area contributed by atoms with Crippen molar-refractivity contribution in [2.24, 2.45) is 0 Å². The van der Waals surface area contributed by atoms with Crippen LogP contribution in [0, 0.1) is 6.92 Å². The number of sulfonamides is 1. The average Bonchev–Trinajstić information content (AvgIpc) is 2.90. The van der Waals surface area contributed by atoms with Gasteiger partial charge in [0.25, 0.3) is 10.0 Å². The van der Waals surface area contributed by atoms with Crippen molar-refractivity contribution >= 4 is 40.8 Å². The summed E-state index contributed by atoms with van der Waals surface area (Å²) >= 11 is 0. The first-order chi connectivity index (χ1) is 10.4. The Balaban J connectivity index is 0.00000264. The molecule has 11 heteroatoms. The van der Waals surface area contributed by atoms with Gasteiger partial charge < -0.3 is 14.5 Å². The van der Waals surface area contributed by atoms with Gasteiger partial charge in [-0.25, -0.2) is 17.9 Å². The second kappa shape index (κ2) is 10.2. The van der Waals surface area contributed by atoms with Crippen molar-refractivity contribution in [3.05, 3.63) is 17.4 Å². The Bertz CT molecular complexity index is 630. The first kappa shape index (κ1) is 23.2. The maximum atomic E-state index is 12.2. The predicted octanol–water partition coefficient (Wildman–Crippen LogP) is 0.402. The second-order valence-electron chi connectivity index (χ2n) is 5.02. The van der Waals surface area contributed by atoms with Gasteiger partial charge in [-0.15, -0.1) is 24.8 Å². The van der Waals surface area contributed by atoms with Gasteiger partial charge in [0.15, 0.2) is 0 Å². The van der Waals surface area contributed by atoms with E-state index in [1.54, 1.807) is 0 Å². The molecule has 2 heterocycles. The van der Waals surface area contributed by atoms with E-state index in [-0.39, 0.29) is 47.8 Å². The van der Waals surface area contributed by atoms with Gasteiger partial charge in [0.05, 0.1) is 7.11 Å². The number of hydrogen-bond donors (Lipinski definition) is 2. The molecule has 2 rings (SSSR count). The van der Waals surface area contributed by atoms with E-state index in [4.69, 9.17) is 4.42 Å². The SMILES string of the molecule is COC(=O)c1cc(S(=O)(=O)NCCN2CCNCC2)oc1C.Cl.Cl. The van der Waals surface area contributed by atoms with Crippen LogP contribution >= 0.6 is 24.8 Å². The summed E-state index contributed by atoms with van der Waals surface area (Å²) in [6.45, 7) is 6.05. The number of rotatable bonds is 6. The molecule has 0 bridgehead atoms. The molecule has 0 saturated carbocycles. The summed E-state index contributed by atoms with van der Waals surface area (Å²) in [4.78, 5) is 13.7. The van der Waals surface area contributed by atoms with Crippen LogP contribution in [0.5, 0.6) is 0 Å². The number of nitrogens with one attached hydrogen (secondary N) is 2. The van der Waals surface area contributed by atoms with Crippen molar-refractivity contribution in [2.45, 2.75) is 12.0 Å². The summed E-state index contributed by atoms with van der Waals surface area (Å²) in [5, 5.41) is 2.96. The van der Waals surface area contributed by atoms with Gasteiger partial charge in [-0.05, 0) is 6.92 Å². The van der Waals surface area contributed by atoms with Crippen molar-refractivity contribution in [1.29, 1.82) is 0 Å². The van der Waals surface area contributed by atoms with Crippen LogP contribution < -0.4 is 10.0 Å². The number of methoxy groups -OCH3 is 1. The minimum absolute atomic E-state index is 0. The summed E-state index contributed by atoms with van der Waals surface area (Å²) < 4.78 is 36.6. The third-order valence-corrected chi connectivity index (χ3v) is 4.81. The van der Waals surface area contributed by atoms with Crippen LogP contribution in [0.25, 0.3) is 0 Å². The van der Waals surface area contributed by atoms with Gasteiger partial charge in [-0.3, -0.25) is 4.90 Å². The highest BCUT2D eigenvalue weighted by atomic mass is 35.5. The minimum atomic E-state index is -3.77. The number of aryl methyl sites for hydroxylation is 1. The molecule has 1 fully saturated rings. The van der Waals surface area contributed by atoms with E-state index in [1.807, 2.05) is 0 Å². The van der Waals surface area contributed by atoms with Crippen molar-refractivity contribution in [3.8, 4) is 0 Å². The fourth-order valence-electron chi connectivity index (χ4n) is 2.24. The first-order valence-corrected chi connectivity index (χ1v) is 8.54. The lowest BCUT2D eigenvalue weighted by molar-refractivity contribution is 0.0599. The lowest BCUT2D eigenvalue weighted by atomic mass is 10.3. The molecule has 1 aliphatic rings. The number of nitrogens with zero attached hydrogens (tertiary/aromatic N) is 1. The van der Waals surface area contributed by atoms with Gasteiger partial charge in [0, 0.05) is 45.3 Å². The highest BCUT2D eigenvalue weighted by Crippen LogP contribution is 2.19. The predicted molar refractivity (Wildman–Crippen MR) is 93.8 cm³/mol. The molecule has 1 saturated heterocycles. The van der Waals surface area contributed by atoms with Gasteiger partial charge >= 0.3 is 5.97 Å². The van der Waals surface area contributed by atoms with Crippen LogP contribution in [-0.4, -0.2) is 65.7 Å². The molecular formula is C13H23Cl2N3O5S. The van der Waals surface area contributed by atoms with E-state index in [1.165, 1.54) is 20.1 Å². The van der Waals surface area contributed by atoms with E-state index in [0.717, 1.165) is 26.2 Å². The van der Waals surface area contributed by atoms with Gasteiger partial charge in [0.1, 0.15) is 11.3 Å². The Labute approximate surface area is 154 Å². The van der Waals surface area contributed by atoms with E-state index in [9.17, 15) is 13.2 Å². The quantitative estimate of drug-likeness (QED) is 0.662. The molecule has 0 atom stereocenters. The molecule has 0 aromatic carbocycles. The molecular weight excluding hydrogens is 381 g/mol. The van der Waals surface area contributed by atoms with E-state index in [2.05, 4.69) is 19.7 Å². The van der Waals surface area contributed by atoms with Crippen LogP contribution in [-0.2, 0) is 14.8 Å². The zero-order chi connectivity index (χ0) is 16.2. The van der Waals surface area contributed by atoms with E-state index >= 15 is 0 Å². The molecule has 0 aliphatic carbocycles. The molecule has 1 aromatic rings. The van der Waals surface area contributed by atoms with Crippen LogP contribution in [0.4, 0.5) is 0 Å². The Hall–Kier alpha value is -0.840. The standard InChI is InChI=1S/C13H21N3O5S.2ClH/c1-10-11(13(17)20-2)9-12(21-10)22(18,19)15-5-8-16-6-3-14-4-7-16;;/h9,14-15H,3-8H2,1-2H3;2*1H. The highest BCUT2D eigenvalue weighted by molar-refractivity contribution is 7.89. The van der Waals surface area contributed by atoms with Crippen molar-refractivity contribution < 1.29 is 22.4 Å². The lowest BCUT2D eigenvalue weighted by Gasteiger charge is -2.26. The van der Waals surface area contributed by atoms with E-state index in [0.29, 0.717) is 6.54 Å². The normalized spacial score (nSPS) is 15.2. The third kappa shape index (κ3) is 5.91. The van der Waals surface area contributed by atoms with E-state index < -0.39 is 16.0 Å². The van der Waals surface area contributed by atoms with Crippen molar-refractivity contribution in [2.75, 3.05) is 46.4 Å².